The summed E-state index contributed by atoms with van der Waals surface area (Å²) in [6.07, 6.45) is 2.05. The Labute approximate surface area is 153 Å². The van der Waals surface area contributed by atoms with E-state index in [4.69, 9.17) is 0 Å². The van der Waals surface area contributed by atoms with Gasteiger partial charge in [-0.1, -0.05) is 48.5 Å². The fourth-order valence-electron chi connectivity index (χ4n) is 2.64. The van der Waals surface area contributed by atoms with Gasteiger partial charge in [0, 0.05) is 13.1 Å². The first-order valence-electron chi connectivity index (χ1n) is 8.29. The minimum absolute atomic E-state index is 0.00768. The summed E-state index contributed by atoms with van der Waals surface area (Å²) in [5.41, 5.74) is 1.63. The van der Waals surface area contributed by atoms with Gasteiger partial charge in [-0.05, 0) is 24.6 Å². The Morgan fingerprint density at radius 2 is 1.69 bits per heavy atom. The van der Waals surface area contributed by atoms with Gasteiger partial charge in [0.25, 0.3) is 0 Å². The summed E-state index contributed by atoms with van der Waals surface area (Å²) in [6, 6.07) is 18.6. The van der Waals surface area contributed by atoms with Crippen molar-refractivity contribution in [1.82, 2.24) is 14.1 Å². The highest BCUT2D eigenvalue weighted by Crippen LogP contribution is 2.20. The predicted molar refractivity (Wildman–Crippen MR) is 99.3 cm³/mol. The van der Waals surface area contributed by atoms with Gasteiger partial charge in [0.05, 0.1) is 24.2 Å². The summed E-state index contributed by atoms with van der Waals surface area (Å²) in [5.74, 6) is 0. The molecule has 1 heterocycles. The fraction of sp³-hybridized carbons (Fsp3) is 0.211. The molecule has 1 aromatic heterocycles. The number of aromatic nitrogens is 2. The van der Waals surface area contributed by atoms with Crippen molar-refractivity contribution in [2.45, 2.75) is 24.5 Å². The van der Waals surface area contributed by atoms with E-state index in [1.165, 1.54) is 21.4 Å². The van der Waals surface area contributed by atoms with E-state index in [1.807, 2.05) is 60.7 Å². The summed E-state index contributed by atoms with van der Waals surface area (Å²) < 4.78 is 29.0. The Kier molecular flexibility index (Phi) is 5.51. The van der Waals surface area contributed by atoms with Crippen molar-refractivity contribution in [2.24, 2.45) is 0 Å². The predicted octanol–water partition coefficient (Wildman–Crippen LogP) is 2.44. The molecule has 0 fully saturated rings. The van der Waals surface area contributed by atoms with Crippen LogP contribution in [-0.2, 0) is 16.6 Å². The van der Waals surface area contributed by atoms with Gasteiger partial charge in [-0.2, -0.15) is 9.40 Å². The van der Waals surface area contributed by atoms with Crippen LogP contribution in [0.25, 0.3) is 5.69 Å². The third kappa shape index (κ3) is 4.19. The summed E-state index contributed by atoms with van der Waals surface area (Å²) in [6.45, 7) is 1.76. The zero-order valence-corrected chi connectivity index (χ0v) is 15.2. The maximum atomic E-state index is 13.1. The molecule has 7 heteroatoms. The second-order valence-corrected chi connectivity index (χ2v) is 8.03. The molecule has 3 aromatic rings. The van der Waals surface area contributed by atoms with E-state index in [0.717, 1.165) is 11.3 Å². The van der Waals surface area contributed by atoms with E-state index in [2.05, 4.69) is 5.10 Å². The maximum Gasteiger partial charge on any atom is 0.246 e. The lowest BCUT2D eigenvalue weighted by Crippen LogP contribution is -2.36. The molecule has 0 radical (unpaired) electrons. The summed E-state index contributed by atoms with van der Waals surface area (Å²) in [4.78, 5) is 0.0953. The largest absolute Gasteiger partial charge is 0.392 e. The van der Waals surface area contributed by atoms with Gasteiger partial charge in [0.1, 0.15) is 4.90 Å². The molecule has 136 valence electrons. The van der Waals surface area contributed by atoms with E-state index in [-0.39, 0.29) is 18.0 Å². The van der Waals surface area contributed by atoms with Gasteiger partial charge >= 0.3 is 0 Å². The number of nitrogens with zero attached hydrogens (tertiary/aromatic N) is 3. The Morgan fingerprint density at radius 3 is 2.31 bits per heavy atom. The topological polar surface area (TPSA) is 75.4 Å². The lowest BCUT2D eigenvalue weighted by molar-refractivity contribution is 0.161. The van der Waals surface area contributed by atoms with Gasteiger partial charge in [-0.3, -0.25) is 0 Å². The summed E-state index contributed by atoms with van der Waals surface area (Å²) >= 11 is 0. The fourth-order valence-corrected chi connectivity index (χ4v) is 4.08. The SMILES string of the molecule is CC(O)CN(Cc1ccccc1)S(=O)(=O)c1cnn(-c2ccccc2)c1. The van der Waals surface area contributed by atoms with Crippen LogP contribution in [-0.4, -0.2) is 40.3 Å². The van der Waals surface area contributed by atoms with E-state index in [1.54, 1.807) is 6.92 Å². The molecule has 0 aliphatic carbocycles. The molecule has 6 nitrogen and oxygen atoms in total. The number of hydrogen-bond acceptors (Lipinski definition) is 4. The number of benzene rings is 2. The quantitative estimate of drug-likeness (QED) is 0.692. The third-order valence-corrected chi connectivity index (χ3v) is 5.65. The highest BCUT2D eigenvalue weighted by atomic mass is 32.2. The van der Waals surface area contributed by atoms with Crippen LogP contribution in [0.4, 0.5) is 0 Å². The Hall–Kier alpha value is -2.48. The molecule has 0 amide bonds. The smallest absolute Gasteiger partial charge is 0.246 e. The van der Waals surface area contributed by atoms with Crippen LogP contribution in [0.2, 0.25) is 0 Å². The first-order valence-corrected chi connectivity index (χ1v) is 9.73. The molecule has 26 heavy (non-hydrogen) atoms. The monoisotopic (exact) mass is 371 g/mol. The molecule has 1 unspecified atom stereocenters. The molecule has 0 saturated carbocycles. The van der Waals surface area contributed by atoms with Crippen molar-refractivity contribution in [3.63, 3.8) is 0 Å². The first kappa shape index (κ1) is 18.3. The number of aliphatic hydroxyl groups excluding tert-OH is 1. The van der Waals surface area contributed by atoms with Crippen LogP contribution in [0.3, 0.4) is 0 Å². The summed E-state index contributed by atoms with van der Waals surface area (Å²) in [5, 5.41) is 13.9. The van der Waals surface area contributed by atoms with Crippen molar-refractivity contribution in [2.75, 3.05) is 6.54 Å². The van der Waals surface area contributed by atoms with E-state index >= 15 is 0 Å². The lowest BCUT2D eigenvalue weighted by Gasteiger charge is -2.22. The van der Waals surface area contributed by atoms with Gasteiger partial charge in [0.15, 0.2) is 0 Å². The lowest BCUT2D eigenvalue weighted by atomic mass is 10.2. The van der Waals surface area contributed by atoms with Crippen molar-refractivity contribution in [1.29, 1.82) is 0 Å². The van der Waals surface area contributed by atoms with E-state index < -0.39 is 16.1 Å². The molecule has 0 saturated heterocycles. The molecule has 0 aliphatic rings. The minimum atomic E-state index is -3.79. The van der Waals surface area contributed by atoms with Crippen molar-refractivity contribution in [3.8, 4) is 5.69 Å². The van der Waals surface area contributed by atoms with Crippen LogP contribution in [0.1, 0.15) is 12.5 Å². The average Bonchev–Trinajstić information content (AvgIpc) is 3.13. The Morgan fingerprint density at radius 1 is 1.08 bits per heavy atom. The van der Waals surface area contributed by atoms with E-state index in [0.29, 0.717) is 0 Å². The van der Waals surface area contributed by atoms with Crippen LogP contribution >= 0.6 is 0 Å². The van der Waals surface area contributed by atoms with Crippen molar-refractivity contribution in [3.05, 3.63) is 78.6 Å². The molecule has 3 rings (SSSR count). The van der Waals surface area contributed by atoms with Gasteiger partial charge in [0.2, 0.25) is 10.0 Å². The number of para-hydroxylation sites is 1. The van der Waals surface area contributed by atoms with Crippen LogP contribution < -0.4 is 0 Å². The van der Waals surface area contributed by atoms with Crippen LogP contribution in [0.15, 0.2) is 78.0 Å². The van der Waals surface area contributed by atoms with Gasteiger partial charge < -0.3 is 5.11 Å². The average molecular weight is 371 g/mol. The van der Waals surface area contributed by atoms with Crippen LogP contribution in [0, 0.1) is 0 Å². The second kappa shape index (κ2) is 7.82. The molecule has 0 spiro atoms. The number of rotatable bonds is 7. The number of aliphatic hydroxyl groups is 1. The normalized spacial score (nSPS) is 13.0. The zero-order valence-electron chi connectivity index (χ0n) is 14.4. The third-order valence-electron chi connectivity index (χ3n) is 3.89. The molecule has 0 aliphatic heterocycles. The minimum Gasteiger partial charge on any atom is -0.392 e. The highest BCUT2D eigenvalue weighted by Gasteiger charge is 2.27. The Bertz CT molecular complexity index is 938. The molecule has 1 N–H and O–H groups in total. The molecular formula is C19H21N3O3S. The van der Waals surface area contributed by atoms with E-state index in [9.17, 15) is 13.5 Å². The molecule has 0 bridgehead atoms. The van der Waals surface area contributed by atoms with Crippen molar-refractivity contribution < 1.29 is 13.5 Å². The highest BCUT2D eigenvalue weighted by molar-refractivity contribution is 7.89. The number of hydrogen-bond donors (Lipinski definition) is 1. The maximum absolute atomic E-state index is 13.1. The Balaban J connectivity index is 1.91. The van der Waals surface area contributed by atoms with Gasteiger partial charge in [-0.25, -0.2) is 13.1 Å². The second-order valence-electron chi connectivity index (χ2n) is 6.09. The zero-order chi connectivity index (χ0) is 18.6. The van der Waals surface area contributed by atoms with Crippen LogP contribution in [0.5, 0.6) is 0 Å². The summed E-state index contributed by atoms with van der Waals surface area (Å²) in [7, 11) is -3.79. The van der Waals surface area contributed by atoms with Crippen molar-refractivity contribution >= 4 is 10.0 Å². The number of sulfonamides is 1. The molecular weight excluding hydrogens is 350 g/mol. The standard InChI is InChI=1S/C19H21N3O3S/c1-16(23)13-21(14-17-8-4-2-5-9-17)26(24,25)19-12-20-22(15-19)18-10-6-3-7-11-18/h2-12,15-16,23H,13-14H2,1H3. The molecule has 1 atom stereocenters. The van der Waals surface area contributed by atoms with Gasteiger partial charge in [-0.15, -0.1) is 0 Å². The molecule has 2 aromatic carbocycles. The first-order chi connectivity index (χ1) is 12.5.